The number of unbranched alkanes of at least 4 members (excludes halogenated alkanes) is 92. The Hall–Kier alpha value is -0.480. The van der Waals surface area contributed by atoms with Crippen molar-refractivity contribution in [1.29, 1.82) is 0 Å². The van der Waals surface area contributed by atoms with Gasteiger partial charge >= 0.3 is 37.7 Å². The van der Waals surface area contributed by atoms with Crippen LogP contribution in [-0.2, 0) is 33.1 Å². The quantitative estimate of drug-likeness (QED) is 0.0370. The molecule has 2 aromatic carbocycles. The molecule has 0 aliphatic heterocycles. The molecule has 0 fully saturated rings. The summed E-state index contributed by atoms with van der Waals surface area (Å²) in [7, 11) is -8.74. The first kappa shape index (κ1) is 119. The zero-order chi connectivity index (χ0) is 84.8. The molecule has 0 N–H and O–H groups in total. The van der Waals surface area contributed by atoms with Crippen LogP contribution in [0, 0.1) is 0 Å². The number of aryl methyl sites for hydroxylation is 2. The SMILES string of the molecule is CCCCCCCCCCCCCCCCCCCCCCCCCCCCCCCCCCCCCCCCCCCCCCCCCc1ccccc1S(=O)(=O)[O-].CCCCCCCCCCCCCCCCCCCCCCCCCCCCCCCCCCCCCCCCCCCCCCCCCc1ccccc1S(=O)(=O)[O-].[Ca+2]. The molecule has 0 heterocycles. The minimum Gasteiger partial charge on any atom is -0.744 e. The van der Waals surface area contributed by atoms with E-state index in [-0.39, 0.29) is 47.5 Å². The Morgan fingerprint density at radius 1 is 0.160 bits per heavy atom. The van der Waals surface area contributed by atoms with Crippen molar-refractivity contribution < 1.29 is 25.9 Å². The Bertz CT molecular complexity index is 2310. The van der Waals surface area contributed by atoms with Gasteiger partial charge < -0.3 is 9.11 Å². The molecular formula is C110H206CaO6S2. The number of hydrogen-bond acceptors (Lipinski definition) is 6. The average molecular weight is 1730 g/mol. The van der Waals surface area contributed by atoms with Gasteiger partial charge in [0.05, 0.1) is 9.79 Å². The van der Waals surface area contributed by atoms with Gasteiger partial charge in [-0.05, 0) is 48.9 Å². The molecule has 0 aliphatic carbocycles. The number of benzene rings is 2. The molecule has 9 heteroatoms. The van der Waals surface area contributed by atoms with Gasteiger partial charge in [0.1, 0.15) is 20.2 Å². The first-order chi connectivity index (χ1) is 58.1. The fourth-order valence-electron chi connectivity index (χ4n) is 18.6. The Kier molecular flexibility index (Phi) is 97.7. The maximum atomic E-state index is 11.4. The fourth-order valence-corrected chi connectivity index (χ4v) is 20.1. The second-order valence-electron chi connectivity index (χ2n) is 38.2. The monoisotopic (exact) mass is 1730 g/mol. The summed E-state index contributed by atoms with van der Waals surface area (Å²) in [6.07, 6.45) is 136. The summed E-state index contributed by atoms with van der Waals surface area (Å²) < 4.78 is 68.5. The predicted octanol–water partition coefficient (Wildman–Crippen LogP) is 38.6. The van der Waals surface area contributed by atoms with Crippen LogP contribution in [0.1, 0.15) is 629 Å². The fraction of sp³-hybridized carbons (Fsp3) is 0.891. The maximum absolute atomic E-state index is 11.4. The van der Waals surface area contributed by atoms with E-state index in [4.69, 9.17) is 0 Å². The third kappa shape index (κ3) is 90.7. The van der Waals surface area contributed by atoms with E-state index in [0.717, 1.165) is 25.7 Å². The van der Waals surface area contributed by atoms with Gasteiger partial charge in [-0.15, -0.1) is 0 Å². The van der Waals surface area contributed by atoms with Gasteiger partial charge in [-0.1, -0.05) is 641 Å². The van der Waals surface area contributed by atoms with Gasteiger partial charge in [0, 0.05) is 0 Å². The summed E-state index contributed by atoms with van der Waals surface area (Å²) >= 11 is 0. The van der Waals surface area contributed by atoms with E-state index in [1.54, 1.807) is 24.3 Å². The molecule has 2 rings (SSSR count). The third-order valence-corrected chi connectivity index (χ3v) is 28.5. The first-order valence-electron chi connectivity index (χ1n) is 54.2. The predicted molar refractivity (Wildman–Crippen MR) is 527 cm³/mol. The molecule has 0 bridgehead atoms. The molecular weight excluding hydrogens is 1520 g/mol. The van der Waals surface area contributed by atoms with Gasteiger partial charge in [-0.25, -0.2) is 16.8 Å². The normalized spacial score (nSPS) is 11.8. The molecule has 0 saturated carbocycles. The second-order valence-corrected chi connectivity index (χ2v) is 40.8. The molecule has 696 valence electrons. The smallest absolute Gasteiger partial charge is 0.744 e. The van der Waals surface area contributed by atoms with Crippen molar-refractivity contribution in [2.24, 2.45) is 0 Å². The van der Waals surface area contributed by atoms with Crippen molar-refractivity contribution in [2.75, 3.05) is 0 Å². The molecule has 0 saturated heterocycles. The van der Waals surface area contributed by atoms with Crippen molar-refractivity contribution in [2.45, 2.75) is 640 Å². The second kappa shape index (κ2) is 98.1. The molecule has 2 aromatic rings. The summed E-state index contributed by atoms with van der Waals surface area (Å²) in [5.74, 6) is 0. The molecule has 0 aliphatic rings. The van der Waals surface area contributed by atoms with Crippen LogP contribution < -0.4 is 0 Å². The summed E-state index contributed by atoms with van der Waals surface area (Å²) in [4.78, 5) is -0.0789. The van der Waals surface area contributed by atoms with Crippen LogP contribution in [0.4, 0.5) is 0 Å². The molecule has 0 aromatic heterocycles. The third-order valence-electron chi connectivity index (χ3n) is 26.6. The largest absolute Gasteiger partial charge is 2.00 e. The summed E-state index contributed by atoms with van der Waals surface area (Å²) in [5.41, 5.74) is 1.35. The van der Waals surface area contributed by atoms with Crippen LogP contribution in [0.2, 0.25) is 0 Å². The van der Waals surface area contributed by atoms with Crippen molar-refractivity contribution in [3.8, 4) is 0 Å². The zero-order valence-electron chi connectivity index (χ0n) is 80.5. The van der Waals surface area contributed by atoms with Gasteiger partial charge in [0.2, 0.25) is 0 Å². The van der Waals surface area contributed by atoms with Crippen molar-refractivity contribution in [3.05, 3.63) is 59.7 Å². The van der Waals surface area contributed by atoms with Crippen LogP contribution in [0.3, 0.4) is 0 Å². The van der Waals surface area contributed by atoms with Gasteiger partial charge in [0.25, 0.3) is 0 Å². The van der Waals surface area contributed by atoms with E-state index < -0.39 is 20.2 Å². The van der Waals surface area contributed by atoms with Crippen LogP contribution in [0.15, 0.2) is 58.3 Å². The molecule has 6 nitrogen and oxygen atoms in total. The van der Waals surface area contributed by atoms with Gasteiger partial charge in [0.15, 0.2) is 0 Å². The Balaban J connectivity index is 0.00000232. The zero-order valence-corrected chi connectivity index (χ0v) is 84.3. The van der Waals surface area contributed by atoms with E-state index in [0.29, 0.717) is 24.0 Å². The number of rotatable bonds is 98. The average Bonchev–Trinajstić information content (AvgIpc) is 0.845. The van der Waals surface area contributed by atoms with E-state index in [9.17, 15) is 25.9 Å². The molecule has 0 spiro atoms. The number of hydrogen-bond donors (Lipinski definition) is 0. The summed E-state index contributed by atoms with van der Waals surface area (Å²) in [5, 5.41) is 0. The van der Waals surface area contributed by atoms with Crippen molar-refractivity contribution in [1.82, 2.24) is 0 Å². The van der Waals surface area contributed by atoms with E-state index in [1.165, 1.54) is 590 Å². The first-order valence-corrected chi connectivity index (χ1v) is 57.0. The Morgan fingerprint density at radius 2 is 0.252 bits per heavy atom. The van der Waals surface area contributed by atoms with E-state index in [1.807, 2.05) is 12.1 Å². The molecule has 0 unspecified atom stereocenters. The van der Waals surface area contributed by atoms with E-state index in [2.05, 4.69) is 13.8 Å². The summed E-state index contributed by atoms with van der Waals surface area (Å²) in [6, 6.07) is 13.3. The van der Waals surface area contributed by atoms with Gasteiger partial charge in [-0.2, -0.15) is 0 Å². The van der Waals surface area contributed by atoms with Crippen LogP contribution in [0.25, 0.3) is 0 Å². The molecule has 0 amide bonds. The van der Waals surface area contributed by atoms with Crippen LogP contribution in [-0.4, -0.2) is 63.7 Å². The molecule has 0 radical (unpaired) electrons. The molecule has 0 atom stereocenters. The summed E-state index contributed by atoms with van der Waals surface area (Å²) in [6.45, 7) is 4.62. The minimum absolute atomic E-state index is 0. The van der Waals surface area contributed by atoms with Crippen LogP contribution >= 0.6 is 0 Å². The topological polar surface area (TPSA) is 114 Å². The van der Waals surface area contributed by atoms with E-state index >= 15 is 0 Å². The standard InChI is InChI=1S/2C55H104O3S.Ca/c2*1-2-3-4-5-6-7-8-9-10-11-12-13-14-15-16-17-18-19-20-21-22-23-24-25-26-27-28-29-30-31-32-33-34-35-36-37-38-39-40-41-42-43-44-45-46-47-48-51-54-52-49-50-53-55(54)59(56,57)58;/h2*49-50,52-53H,2-48,51H2,1H3,(H,56,57,58);/q;;+2/p-2. The Morgan fingerprint density at radius 3 is 0.353 bits per heavy atom. The van der Waals surface area contributed by atoms with Crippen molar-refractivity contribution >= 4 is 58.0 Å². The maximum Gasteiger partial charge on any atom is 2.00 e. The van der Waals surface area contributed by atoms with Crippen LogP contribution in [0.5, 0.6) is 0 Å². The molecule has 119 heavy (non-hydrogen) atoms. The van der Waals surface area contributed by atoms with Crippen molar-refractivity contribution in [3.63, 3.8) is 0 Å². The Labute approximate surface area is 777 Å². The van der Waals surface area contributed by atoms with Gasteiger partial charge in [-0.3, -0.25) is 0 Å². The minimum atomic E-state index is -4.37.